The highest BCUT2D eigenvalue weighted by Crippen LogP contribution is 2.29. The van der Waals surface area contributed by atoms with Gasteiger partial charge in [0.25, 0.3) is 0 Å². The van der Waals surface area contributed by atoms with Gasteiger partial charge in [-0.25, -0.2) is 4.39 Å². The molecule has 1 aromatic carbocycles. The van der Waals surface area contributed by atoms with E-state index < -0.39 is 0 Å². The van der Waals surface area contributed by atoms with E-state index in [9.17, 15) is 4.39 Å². The topological polar surface area (TPSA) is 3.24 Å². The third-order valence-electron chi connectivity index (χ3n) is 3.23. The van der Waals surface area contributed by atoms with Gasteiger partial charge < -0.3 is 0 Å². The predicted octanol–water partition coefficient (Wildman–Crippen LogP) is 5.43. The Bertz CT molecular complexity index is 319. The second kappa shape index (κ2) is 11.0. The van der Waals surface area contributed by atoms with Crippen molar-refractivity contribution < 1.29 is 4.39 Å². The van der Waals surface area contributed by atoms with E-state index in [1.165, 1.54) is 12.8 Å². The molecule has 1 saturated heterocycles. The summed E-state index contributed by atoms with van der Waals surface area (Å²) in [5.41, 5.74) is 0.863. The Morgan fingerprint density at radius 2 is 1.58 bits per heavy atom. The molecule has 110 valence electrons. The summed E-state index contributed by atoms with van der Waals surface area (Å²) in [6, 6.07) is 7.44. The van der Waals surface area contributed by atoms with Crippen molar-refractivity contribution in [2.45, 2.75) is 59.9 Å². The normalized spacial score (nSPS) is 15.9. The molecule has 1 atom stereocenters. The Balaban J connectivity index is 0.000000741. The van der Waals surface area contributed by atoms with Gasteiger partial charge in [0, 0.05) is 11.6 Å². The van der Waals surface area contributed by atoms with Crippen LogP contribution in [-0.4, -0.2) is 18.0 Å². The van der Waals surface area contributed by atoms with Crippen molar-refractivity contribution in [1.29, 1.82) is 0 Å². The van der Waals surface area contributed by atoms with E-state index >= 15 is 0 Å². The molecule has 1 aliphatic heterocycles. The van der Waals surface area contributed by atoms with Gasteiger partial charge in [-0.2, -0.15) is 0 Å². The molecule has 0 spiro atoms. The van der Waals surface area contributed by atoms with Gasteiger partial charge in [-0.05, 0) is 38.4 Å². The summed E-state index contributed by atoms with van der Waals surface area (Å²) in [6.45, 7) is 12.4. The summed E-state index contributed by atoms with van der Waals surface area (Å²) < 4.78 is 13.7. The highest BCUT2D eigenvalue weighted by Gasteiger charge is 2.23. The van der Waals surface area contributed by atoms with Crippen molar-refractivity contribution in [2.75, 3.05) is 13.1 Å². The van der Waals surface area contributed by atoms with E-state index in [0.29, 0.717) is 0 Å². The zero-order valence-electron chi connectivity index (χ0n) is 13.2. The third-order valence-corrected chi connectivity index (χ3v) is 3.23. The van der Waals surface area contributed by atoms with Crippen LogP contribution in [0.25, 0.3) is 0 Å². The second-order valence-corrected chi connectivity index (χ2v) is 4.19. The number of rotatable bonds is 3. The van der Waals surface area contributed by atoms with E-state index in [-0.39, 0.29) is 11.9 Å². The van der Waals surface area contributed by atoms with Crippen molar-refractivity contribution in [3.63, 3.8) is 0 Å². The molecular weight excluding hydrogens is 237 g/mol. The second-order valence-electron chi connectivity index (χ2n) is 4.19. The molecule has 19 heavy (non-hydrogen) atoms. The number of halogens is 1. The number of likely N-dealkylation sites (tertiary alicyclic amines) is 1. The van der Waals surface area contributed by atoms with Crippen molar-refractivity contribution in [1.82, 2.24) is 4.90 Å². The maximum Gasteiger partial charge on any atom is 0.127 e. The van der Waals surface area contributed by atoms with Crippen LogP contribution < -0.4 is 0 Å². The van der Waals surface area contributed by atoms with Crippen molar-refractivity contribution in [2.24, 2.45) is 0 Å². The van der Waals surface area contributed by atoms with Gasteiger partial charge in [0.05, 0.1) is 0 Å². The van der Waals surface area contributed by atoms with Gasteiger partial charge in [0.2, 0.25) is 0 Å². The molecule has 0 N–H and O–H groups in total. The standard InChI is InChI=1S/C13H18FN.2C2H6/c1-2-13(15-9-5-6-10-15)11-7-3-4-8-12(11)14;2*1-2/h3-4,7-8,13H,2,5-6,9-10H2,1H3;2*1-2H3. The van der Waals surface area contributed by atoms with E-state index in [4.69, 9.17) is 0 Å². The minimum Gasteiger partial charge on any atom is -0.296 e. The summed E-state index contributed by atoms with van der Waals surface area (Å²) in [4.78, 5) is 2.40. The molecule has 0 bridgehead atoms. The van der Waals surface area contributed by atoms with E-state index in [1.54, 1.807) is 12.1 Å². The quantitative estimate of drug-likeness (QED) is 0.706. The van der Waals surface area contributed by atoms with Crippen LogP contribution in [0.15, 0.2) is 24.3 Å². The summed E-state index contributed by atoms with van der Waals surface area (Å²) >= 11 is 0. The lowest BCUT2D eigenvalue weighted by Gasteiger charge is -2.27. The number of benzene rings is 1. The fraction of sp³-hybridized carbons (Fsp3) is 0.647. The van der Waals surface area contributed by atoms with E-state index in [0.717, 1.165) is 25.1 Å². The number of hydrogen-bond donors (Lipinski definition) is 0. The van der Waals surface area contributed by atoms with Crippen molar-refractivity contribution >= 4 is 0 Å². The van der Waals surface area contributed by atoms with Gasteiger partial charge in [-0.3, -0.25) is 4.90 Å². The molecular formula is C17H30FN. The smallest absolute Gasteiger partial charge is 0.127 e. The van der Waals surface area contributed by atoms with Crippen LogP contribution in [0.1, 0.15) is 65.5 Å². The van der Waals surface area contributed by atoms with Gasteiger partial charge in [0.1, 0.15) is 5.82 Å². The Morgan fingerprint density at radius 1 is 1.05 bits per heavy atom. The van der Waals surface area contributed by atoms with Gasteiger partial charge in [-0.1, -0.05) is 52.8 Å². The highest BCUT2D eigenvalue weighted by molar-refractivity contribution is 5.21. The van der Waals surface area contributed by atoms with Crippen LogP contribution >= 0.6 is 0 Å². The number of nitrogens with zero attached hydrogens (tertiary/aromatic N) is 1. The van der Waals surface area contributed by atoms with Crippen LogP contribution in [-0.2, 0) is 0 Å². The lowest BCUT2D eigenvalue weighted by molar-refractivity contribution is 0.234. The van der Waals surface area contributed by atoms with Gasteiger partial charge in [-0.15, -0.1) is 0 Å². The first-order chi connectivity index (χ1) is 9.33. The Kier molecular flexibility index (Phi) is 10.5. The molecule has 1 nitrogen and oxygen atoms in total. The minimum atomic E-state index is -0.0590. The molecule has 1 aromatic rings. The summed E-state index contributed by atoms with van der Waals surface area (Å²) in [7, 11) is 0. The predicted molar refractivity (Wildman–Crippen MR) is 82.9 cm³/mol. The monoisotopic (exact) mass is 267 g/mol. The molecule has 0 radical (unpaired) electrons. The van der Waals surface area contributed by atoms with Gasteiger partial charge >= 0.3 is 0 Å². The average Bonchev–Trinajstić information content (AvgIpc) is 3.00. The van der Waals surface area contributed by atoms with Crippen LogP contribution in [0.5, 0.6) is 0 Å². The molecule has 1 unspecified atom stereocenters. The van der Waals surface area contributed by atoms with E-state index in [1.807, 2.05) is 39.8 Å². The zero-order chi connectivity index (χ0) is 14.7. The molecule has 1 heterocycles. The van der Waals surface area contributed by atoms with Crippen molar-refractivity contribution in [3.8, 4) is 0 Å². The maximum atomic E-state index is 13.7. The molecule has 0 aromatic heterocycles. The highest BCUT2D eigenvalue weighted by atomic mass is 19.1. The minimum absolute atomic E-state index is 0.0590. The first-order valence-electron chi connectivity index (χ1n) is 7.81. The molecule has 0 saturated carbocycles. The Morgan fingerprint density at radius 3 is 2.05 bits per heavy atom. The maximum absolute atomic E-state index is 13.7. The Hall–Kier alpha value is -0.890. The third kappa shape index (κ3) is 5.32. The van der Waals surface area contributed by atoms with Crippen LogP contribution in [0.4, 0.5) is 4.39 Å². The first kappa shape index (κ1) is 18.1. The SMILES string of the molecule is CC.CC.CCC(c1ccccc1F)N1CCCC1. The Labute approximate surface area is 118 Å². The fourth-order valence-electron chi connectivity index (χ4n) is 2.47. The molecule has 2 heteroatoms. The van der Waals surface area contributed by atoms with Crippen molar-refractivity contribution in [3.05, 3.63) is 35.6 Å². The molecule has 0 aliphatic carbocycles. The van der Waals surface area contributed by atoms with Gasteiger partial charge in [0.15, 0.2) is 0 Å². The average molecular weight is 267 g/mol. The lowest BCUT2D eigenvalue weighted by atomic mass is 10.0. The summed E-state index contributed by atoms with van der Waals surface area (Å²) in [5.74, 6) is -0.0590. The number of hydrogen-bond acceptors (Lipinski definition) is 1. The fourth-order valence-corrected chi connectivity index (χ4v) is 2.47. The first-order valence-corrected chi connectivity index (χ1v) is 7.81. The zero-order valence-corrected chi connectivity index (χ0v) is 13.2. The van der Waals surface area contributed by atoms with Crippen LogP contribution in [0.2, 0.25) is 0 Å². The van der Waals surface area contributed by atoms with Crippen LogP contribution in [0, 0.1) is 5.82 Å². The molecule has 1 fully saturated rings. The summed E-state index contributed by atoms with van der Waals surface area (Å²) in [6.07, 6.45) is 3.50. The molecule has 1 aliphatic rings. The molecule has 2 rings (SSSR count). The van der Waals surface area contributed by atoms with Crippen LogP contribution in [0.3, 0.4) is 0 Å². The largest absolute Gasteiger partial charge is 0.296 e. The van der Waals surface area contributed by atoms with E-state index in [2.05, 4.69) is 11.8 Å². The lowest BCUT2D eigenvalue weighted by Crippen LogP contribution is -2.25. The molecule has 0 amide bonds. The summed E-state index contributed by atoms with van der Waals surface area (Å²) in [5, 5.41) is 0.